The van der Waals surface area contributed by atoms with Crippen molar-refractivity contribution >= 4 is 33.2 Å². The van der Waals surface area contributed by atoms with Crippen LogP contribution in [0.2, 0.25) is 5.02 Å². The number of nitrogens with one attached hydrogen (secondary N) is 1. The Labute approximate surface area is 224 Å². The number of likely N-dealkylation sites (tertiary alicyclic amines) is 1. The van der Waals surface area contributed by atoms with Crippen molar-refractivity contribution in [2.24, 2.45) is 0 Å². The van der Waals surface area contributed by atoms with Crippen molar-refractivity contribution in [2.45, 2.75) is 37.2 Å². The standard InChI is InChI=1S/C28H32ClN3O4S/c1-36-27-15-14-24(29)18-26(27)32(37(34,35)25-12-4-2-5-13-25)21-28(33)30-19-22-10-6-7-11-23(22)20-31-16-8-3-9-17-31/h2,4-7,10-15,18H,3,8-9,16-17,19-21H2,1H3,(H,30,33). The highest BCUT2D eigenvalue weighted by Gasteiger charge is 2.29. The number of carbonyl (C=O) groups excluding carboxylic acids is 1. The molecule has 0 bridgehead atoms. The summed E-state index contributed by atoms with van der Waals surface area (Å²) in [5.41, 5.74) is 2.37. The van der Waals surface area contributed by atoms with Crippen LogP contribution in [0.1, 0.15) is 30.4 Å². The second-order valence-corrected chi connectivity index (χ2v) is 11.3. The van der Waals surface area contributed by atoms with E-state index in [1.807, 2.05) is 18.2 Å². The predicted octanol–water partition coefficient (Wildman–Crippen LogP) is 4.85. The van der Waals surface area contributed by atoms with Crippen LogP contribution in [0.15, 0.2) is 77.7 Å². The summed E-state index contributed by atoms with van der Waals surface area (Å²) in [4.78, 5) is 15.7. The number of sulfonamides is 1. The summed E-state index contributed by atoms with van der Waals surface area (Å²) in [6.07, 6.45) is 3.68. The van der Waals surface area contributed by atoms with Crippen molar-refractivity contribution < 1.29 is 17.9 Å². The summed E-state index contributed by atoms with van der Waals surface area (Å²) in [7, 11) is -2.64. The fourth-order valence-corrected chi connectivity index (χ4v) is 6.11. The van der Waals surface area contributed by atoms with Gasteiger partial charge >= 0.3 is 0 Å². The third-order valence-electron chi connectivity index (χ3n) is 6.47. The lowest BCUT2D eigenvalue weighted by atomic mass is 10.0. The first-order chi connectivity index (χ1) is 17.9. The highest BCUT2D eigenvalue weighted by atomic mass is 35.5. The van der Waals surface area contributed by atoms with Gasteiger partial charge in [-0.2, -0.15) is 0 Å². The molecular formula is C28H32ClN3O4S. The lowest BCUT2D eigenvalue weighted by molar-refractivity contribution is -0.119. The van der Waals surface area contributed by atoms with Gasteiger partial charge in [0.2, 0.25) is 5.91 Å². The van der Waals surface area contributed by atoms with Gasteiger partial charge in [0.1, 0.15) is 12.3 Å². The number of benzene rings is 3. The van der Waals surface area contributed by atoms with E-state index in [1.165, 1.54) is 44.6 Å². The molecule has 0 radical (unpaired) electrons. The molecule has 0 saturated carbocycles. The van der Waals surface area contributed by atoms with Gasteiger partial charge < -0.3 is 10.1 Å². The molecule has 0 aliphatic carbocycles. The van der Waals surface area contributed by atoms with Gasteiger partial charge in [0.15, 0.2) is 0 Å². The number of piperidine rings is 1. The molecule has 196 valence electrons. The molecule has 3 aromatic rings. The van der Waals surface area contributed by atoms with Gasteiger partial charge in [0, 0.05) is 18.1 Å². The van der Waals surface area contributed by atoms with Crippen LogP contribution < -0.4 is 14.4 Å². The number of ether oxygens (including phenoxy) is 1. The number of nitrogens with zero attached hydrogens (tertiary/aromatic N) is 2. The summed E-state index contributed by atoms with van der Waals surface area (Å²) >= 11 is 6.21. The van der Waals surface area contributed by atoms with E-state index in [0.717, 1.165) is 35.1 Å². The van der Waals surface area contributed by atoms with Gasteiger partial charge in [-0.3, -0.25) is 14.0 Å². The van der Waals surface area contributed by atoms with E-state index in [4.69, 9.17) is 16.3 Å². The van der Waals surface area contributed by atoms with E-state index < -0.39 is 22.5 Å². The molecule has 9 heteroatoms. The Bertz CT molecular complexity index is 1310. The maximum atomic E-state index is 13.6. The van der Waals surface area contributed by atoms with E-state index in [0.29, 0.717) is 17.3 Å². The number of hydrogen-bond acceptors (Lipinski definition) is 5. The van der Waals surface area contributed by atoms with Crippen molar-refractivity contribution in [3.8, 4) is 5.75 Å². The lowest BCUT2D eigenvalue weighted by Crippen LogP contribution is -2.41. The summed E-state index contributed by atoms with van der Waals surface area (Å²) in [6.45, 7) is 2.86. The van der Waals surface area contributed by atoms with E-state index in [1.54, 1.807) is 30.3 Å². The summed E-state index contributed by atoms with van der Waals surface area (Å²) < 4.78 is 33.7. The first-order valence-corrected chi connectivity index (χ1v) is 14.2. The summed E-state index contributed by atoms with van der Waals surface area (Å²) in [6, 6.07) is 20.7. The first-order valence-electron chi connectivity index (χ1n) is 12.4. The Morgan fingerprint density at radius 3 is 2.35 bits per heavy atom. The van der Waals surface area contributed by atoms with E-state index >= 15 is 0 Å². The topological polar surface area (TPSA) is 79.0 Å². The van der Waals surface area contributed by atoms with Crippen LogP contribution in [-0.2, 0) is 27.9 Å². The Hall–Kier alpha value is -3.07. The van der Waals surface area contributed by atoms with Crippen LogP contribution in [0.4, 0.5) is 5.69 Å². The van der Waals surface area contributed by atoms with Gasteiger partial charge in [0.25, 0.3) is 10.0 Å². The monoisotopic (exact) mass is 541 g/mol. The Kier molecular flexibility index (Phi) is 9.08. The van der Waals surface area contributed by atoms with Crippen molar-refractivity contribution in [1.29, 1.82) is 0 Å². The minimum absolute atomic E-state index is 0.0664. The summed E-state index contributed by atoms with van der Waals surface area (Å²) in [5, 5.41) is 3.24. The molecule has 1 fully saturated rings. The average Bonchev–Trinajstić information content (AvgIpc) is 2.92. The van der Waals surface area contributed by atoms with Crippen LogP contribution in [-0.4, -0.2) is 46.0 Å². The molecule has 0 aromatic heterocycles. The molecule has 1 heterocycles. The minimum atomic E-state index is -4.08. The molecule has 37 heavy (non-hydrogen) atoms. The number of amides is 1. The zero-order valence-electron chi connectivity index (χ0n) is 20.9. The zero-order chi connectivity index (χ0) is 26.3. The number of halogens is 1. The quantitative estimate of drug-likeness (QED) is 0.397. The van der Waals surface area contributed by atoms with Crippen LogP contribution in [0, 0.1) is 0 Å². The Morgan fingerprint density at radius 1 is 0.973 bits per heavy atom. The molecule has 1 aliphatic heterocycles. The first kappa shape index (κ1) is 27.0. The van der Waals surface area contributed by atoms with Crippen LogP contribution in [0.5, 0.6) is 5.75 Å². The number of carbonyl (C=O) groups is 1. The van der Waals surface area contributed by atoms with Gasteiger partial charge in [-0.15, -0.1) is 0 Å². The molecule has 7 nitrogen and oxygen atoms in total. The van der Waals surface area contributed by atoms with Gasteiger partial charge in [0.05, 0.1) is 17.7 Å². The van der Waals surface area contributed by atoms with E-state index in [-0.39, 0.29) is 10.6 Å². The maximum absolute atomic E-state index is 13.6. The van der Waals surface area contributed by atoms with Crippen molar-refractivity contribution in [1.82, 2.24) is 10.2 Å². The SMILES string of the molecule is COc1ccc(Cl)cc1N(CC(=O)NCc1ccccc1CN1CCCCC1)S(=O)(=O)c1ccccc1. The van der Waals surface area contributed by atoms with Gasteiger partial charge in [-0.1, -0.05) is 60.5 Å². The van der Waals surface area contributed by atoms with Crippen LogP contribution in [0.3, 0.4) is 0 Å². The second-order valence-electron chi connectivity index (χ2n) is 9.02. The highest BCUT2D eigenvalue weighted by molar-refractivity contribution is 7.92. The highest BCUT2D eigenvalue weighted by Crippen LogP contribution is 2.34. The average molecular weight is 542 g/mol. The van der Waals surface area contributed by atoms with Crippen molar-refractivity contribution in [2.75, 3.05) is 31.0 Å². The molecule has 0 spiro atoms. The Balaban J connectivity index is 1.55. The number of hydrogen-bond donors (Lipinski definition) is 1. The lowest BCUT2D eigenvalue weighted by Gasteiger charge is -2.27. The molecule has 1 N–H and O–H groups in total. The fraction of sp³-hybridized carbons (Fsp3) is 0.321. The zero-order valence-corrected chi connectivity index (χ0v) is 22.5. The van der Waals surface area contributed by atoms with Gasteiger partial charge in [-0.25, -0.2) is 8.42 Å². The van der Waals surface area contributed by atoms with E-state index in [2.05, 4.69) is 16.3 Å². The van der Waals surface area contributed by atoms with Crippen molar-refractivity contribution in [3.05, 3.63) is 88.9 Å². The molecule has 1 aliphatic rings. The molecule has 0 atom stereocenters. The fourth-order valence-electron chi connectivity index (χ4n) is 4.50. The third-order valence-corrected chi connectivity index (χ3v) is 8.47. The largest absolute Gasteiger partial charge is 0.495 e. The van der Waals surface area contributed by atoms with Crippen molar-refractivity contribution in [3.63, 3.8) is 0 Å². The Morgan fingerprint density at radius 2 is 1.65 bits per heavy atom. The number of anilines is 1. The maximum Gasteiger partial charge on any atom is 0.264 e. The normalized spacial score (nSPS) is 14.2. The smallest absolute Gasteiger partial charge is 0.264 e. The second kappa shape index (κ2) is 12.4. The van der Waals surface area contributed by atoms with E-state index in [9.17, 15) is 13.2 Å². The molecular weight excluding hydrogens is 510 g/mol. The van der Waals surface area contributed by atoms with Crippen LogP contribution >= 0.6 is 11.6 Å². The van der Waals surface area contributed by atoms with Gasteiger partial charge in [-0.05, 0) is 67.4 Å². The molecule has 1 amide bonds. The molecule has 4 rings (SSSR count). The molecule has 3 aromatic carbocycles. The summed E-state index contributed by atoms with van der Waals surface area (Å²) in [5.74, 6) is -0.141. The van der Waals surface area contributed by atoms with Crippen LogP contribution in [0.25, 0.3) is 0 Å². The molecule has 0 unspecified atom stereocenters. The number of methoxy groups -OCH3 is 1. The third kappa shape index (κ3) is 6.83. The predicted molar refractivity (Wildman–Crippen MR) is 146 cm³/mol. The minimum Gasteiger partial charge on any atom is -0.495 e. The number of rotatable bonds is 10. The molecule has 1 saturated heterocycles.